The first-order valence-corrected chi connectivity index (χ1v) is 8.04. The second-order valence-corrected chi connectivity index (χ2v) is 5.61. The second-order valence-electron chi connectivity index (χ2n) is 5.20. The summed E-state index contributed by atoms with van der Waals surface area (Å²) >= 11 is 5.23. The molecule has 0 aliphatic heterocycles. The summed E-state index contributed by atoms with van der Waals surface area (Å²) in [7, 11) is 0. The van der Waals surface area contributed by atoms with Gasteiger partial charge in [0.15, 0.2) is 16.6 Å². The Hall–Kier alpha value is -2.60. The largest absolute Gasteiger partial charge is 0.504 e. The first kappa shape index (κ1) is 17.7. The van der Waals surface area contributed by atoms with Gasteiger partial charge in [-0.3, -0.25) is 5.43 Å². The number of hydrogen-bond donors (Lipinski definition) is 3. The molecule has 126 valence electrons. The van der Waals surface area contributed by atoms with Crippen molar-refractivity contribution in [2.45, 2.75) is 20.8 Å². The highest BCUT2D eigenvalue weighted by atomic mass is 32.1. The van der Waals surface area contributed by atoms with Gasteiger partial charge in [-0.1, -0.05) is 18.2 Å². The Morgan fingerprint density at radius 2 is 2.00 bits per heavy atom. The number of para-hydroxylation sites is 1. The summed E-state index contributed by atoms with van der Waals surface area (Å²) in [4.78, 5) is 0. The predicted molar refractivity (Wildman–Crippen MR) is 102 cm³/mol. The number of aryl methyl sites for hydroxylation is 1. The molecule has 0 aromatic heterocycles. The van der Waals surface area contributed by atoms with Gasteiger partial charge in [0.25, 0.3) is 0 Å². The molecule has 6 heteroatoms. The van der Waals surface area contributed by atoms with Crippen LogP contribution in [0.15, 0.2) is 41.5 Å². The zero-order chi connectivity index (χ0) is 17.5. The number of nitrogens with one attached hydrogen (secondary N) is 2. The number of phenols is 1. The lowest BCUT2D eigenvalue weighted by molar-refractivity contribution is 0.318. The lowest BCUT2D eigenvalue weighted by atomic mass is 10.1. The van der Waals surface area contributed by atoms with E-state index in [1.165, 1.54) is 11.8 Å². The third kappa shape index (κ3) is 4.45. The SMILES string of the molecule is CCOc1cccc(C=NNC(=S)Nc2cccc(C)c2C)c1O. The molecular weight excluding hydrogens is 322 g/mol. The monoisotopic (exact) mass is 343 g/mol. The maximum atomic E-state index is 10.1. The average Bonchev–Trinajstić information content (AvgIpc) is 2.55. The van der Waals surface area contributed by atoms with E-state index < -0.39 is 0 Å². The van der Waals surface area contributed by atoms with E-state index in [4.69, 9.17) is 17.0 Å². The topological polar surface area (TPSA) is 65.9 Å². The number of thiocarbonyl (C=S) groups is 1. The van der Waals surface area contributed by atoms with E-state index in [9.17, 15) is 5.11 Å². The van der Waals surface area contributed by atoms with Gasteiger partial charge in [0.2, 0.25) is 0 Å². The van der Waals surface area contributed by atoms with Gasteiger partial charge < -0.3 is 15.2 Å². The molecule has 0 atom stereocenters. The molecule has 0 bridgehead atoms. The first-order valence-electron chi connectivity index (χ1n) is 7.64. The van der Waals surface area contributed by atoms with Crippen LogP contribution in [0.2, 0.25) is 0 Å². The molecule has 0 aliphatic carbocycles. The summed E-state index contributed by atoms with van der Waals surface area (Å²) in [6.07, 6.45) is 1.49. The normalized spacial score (nSPS) is 10.6. The molecule has 5 nitrogen and oxygen atoms in total. The van der Waals surface area contributed by atoms with Gasteiger partial charge >= 0.3 is 0 Å². The Labute approximate surface area is 147 Å². The van der Waals surface area contributed by atoms with Crippen molar-refractivity contribution in [3.8, 4) is 11.5 Å². The van der Waals surface area contributed by atoms with Crippen LogP contribution in [0.3, 0.4) is 0 Å². The van der Waals surface area contributed by atoms with Gasteiger partial charge in [0, 0.05) is 11.3 Å². The molecule has 0 saturated carbocycles. The number of benzene rings is 2. The van der Waals surface area contributed by atoms with Crippen molar-refractivity contribution >= 4 is 29.2 Å². The van der Waals surface area contributed by atoms with E-state index in [0.717, 1.165) is 11.3 Å². The highest BCUT2D eigenvalue weighted by Gasteiger charge is 2.06. The lowest BCUT2D eigenvalue weighted by Crippen LogP contribution is -2.24. The van der Waals surface area contributed by atoms with Crippen LogP contribution in [0.25, 0.3) is 0 Å². The molecule has 24 heavy (non-hydrogen) atoms. The van der Waals surface area contributed by atoms with Gasteiger partial charge in [-0.15, -0.1) is 0 Å². The molecule has 2 aromatic rings. The van der Waals surface area contributed by atoms with Gasteiger partial charge in [0.05, 0.1) is 12.8 Å². The highest BCUT2D eigenvalue weighted by molar-refractivity contribution is 7.80. The van der Waals surface area contributed by atoms with Crippen LogP contribution in [0, 0.1) is 13.8 Å². The average molecular weight is 343 g/mol. The zero-order valence-corrected chi connectivity index (χ0v) is 14.8. The van der Waals surface area contributed by atoms with E-state index in [0.29, 0.717) is 23.0 Å². The van der Waals surface area contributed by atoms with Gasteiger partial charge in [-0.2, -0.15) is 5.10 Å². The van der Waals surface area contributed by atoms with Crippen LogP contribution < -0.4 is 15.5 Å². The number of anilines is 1. The van der Waals surface area contributed by atoms with Crippen molar-refractivity contribution in [3.05, 3.63) is 53.1 Å². The molecule has 2 aromatic carbocycles. The molecule has 0 aliphatic rings. The molecule has 0 heterocycles. The first-order chi connectivity index (χ1) is 11.5. The van der Waals surface area contributed by atoms with E-state index in [1.807, 2.05) is 39.0 Å². The molecule has 0 radical (unpaired) electrons. The molecule has 0 saturated heterocycles. The van der Waals surface area contributed by atoms with Crippen molar-refractivity contribution in [2.75, 3.05) is 11.9 Å². The molecule has 0 unspecified atom stereocenters. The standard InChI is InChI=1S/C18H21N3O2S/c1-4-23-16-10-6-8-14(17(16)22)11-19-21-18(24)20-15-9-5-7-12(2)13(15)3/h5-11,22H,4H2,1-3H3,(H2,20,21,24). The second kappa shape index (κ2) is 8.31. The Morgan fingerprint density at radius 3 is 2.75 bits per heavy atom. The minimum Gasteiger partial charge on any atom is -0.504 e. The smallest absolute Gasteiger partial charge is 0.191 e. The number of hydrazone groups is 1. The Morgan fingerprint density at radius 1 is 1.25 bits per heavy atom. The van der Waals surface area contributed by atoms with Crippen LogP contribution in [0.1, 0.15) is 23.6 Å². The number of nitrogens with zero attached hydrogens (tertiary/aromatic N) is 1. The Kier molecular flexibility index (Phi) is 6.14. The minimum atomic E-state index is 0.0540. The van der Waals surface area contributed by atoms with Crippen molar-refractivity contribution in [1.29, 1.82) is 0 Å². The van der Waals surface area contributed by atoms with Crippen LogP contribution in [0.4, 0.5) is 5.69 Å². The number of hydrogen-bond acceptors (Lipinski definition) is 4. The predicted octanol–water partition coefficient (Wildman–Crippen LogP) is 3.73. The van der Waals surface area contributed by atoms with E-state index in [-0.39, 0.29) is 5.75 Å². The third-order valence-electron chi connectivity index (χ3n) is 3.55. The van der Waals surface area contributed by atoms with Gasteiger partial charge in [-0.05, 0) is 62.3 Å². The van der Waals surface area contributed by atoms with Crippen molar-refractivity contribution < 1.29 is 9.84 Å². The molecule has 0 spiro atoms. The number of ether oxygens (including phenoxy) is 1. The fourth-order valence-corrected chi connectivity index (χ4v) is 2.28. The van der Waals surface area contributed by atoms with Crippen LogP contribution in [-0.2, 0) is 0 Å². The van der Waals surface area contributed by atoms with E-state index >= 15 is 0 Å². The summed E-state index contributed by atoms with van der Waals surface area (Å²) in [6, 6.07) is 11.2. The third-order valence-corrected chi connectivity index (χ3v) is 3.75. The van der Waals surface area contributed by atoms with Crippen molar-refractivity contribution in [2.24, 2.45) is 5.10 Å². The lowest BCUT2D eigenvalue weighted by Gasteiger charge is -2.11. The summed E-state index contributed by atoms with van der Waals surface area (Å²) in [6.45, 7) is 6.42. The van der Waals surface area contributed by atoms with Crippen LogP contribution in [-0.4, -0.2) is 23.0 Å². The molecular formula is C18H21N3O2S. The summed E-state index contributed by atoms with van der Waals surface area (Å²) in [5, 5.41) is 17.6. The number of aromatic hydroxyl groups is 1. The molecule has 2 rings (SSSR count). The Balaban J connectivity index is 2.00. The summed E-state index contributed by atoms with van der Waals surface area (Å²) < 4.78 is 5.34. The molecule has 0 fully saturated rings. The van der Waals surface area contributed by atoms with Gasteiger partial charge in [0.1, 0.15) is 0 Å². The minimum absolute atomic E-state index is 0.0540. The van der Waals surface area contributed by atoms with E-state index in [2.05, 4.69) is 15.8 Å². The van der Waals surface area contributed by atoms with Crippen molar-refractivity contribution in [1.82, 2.24) is 5.43 Å². The zero-order valence-electron chi connectivity index (χ0n) is 14.0. The number of phenolic OH excluding ortho intramolecular Hbond substituents is 1. The van der Waals surface area contributed by atoms with Crippen LogP contribution >= 0.6 is 12.2 Å². The molecule has 3 N–H and O–H groups in total. The molecule has 0 amide bonds. The van der Waals surface area contributed by atoms with Crippen LogP contribution in [0.5, 0.6) is 11.5 Å². The number of rotatable bonds is 5. The maximum Gasteiger partial charge on any atom is 0.191 e. The quantitative estimate of drug-likeness (QED) is 0.439. The highest BCUT2D eigenvalue weighted by Crippen LogP contribution is 2.28. The van der Waals surface area contributed by atoms with Gasteiger partial charge in [-0.25, -0.2) is 0 Å². The van der Waals surface area contributed by atoms with E-state index in [1.54, 1.807) is 18.2 Å². The Bertz CT molecular complexity index is 760. The van der Waals surface area contributed by atoms with Crippen molar-refractivity contribution in [3.63, 3.8) is 0 Å². The maximum absolute atomic E-state index is 10.1. The summed E-state index contributed by atoms with van der Waals surface area (Å²) in [5.41, 5.74) is 6.54. The summed E-state index contributed by atoms with van der Waals surface area (Å²) in [5.74, 6) is 0.482. The fourth-order valence-electron chi connectivity index (χ4n) is 2.11. The fraction of sp³-hybridized carbons (Fsp3) is 0.222.